The first-order chi connectivity index (χ1) is 4.43. The molecule has 50 valence electrons. The van der Waals surface area contributed by atoms with Gasteiger partial charge in [-0.25, -0.2) is 0 Å². The Hall–Kier alpha value is -0.480. The van der Waals surface area contributed by atoms with Crippen molar-refractivity contribution < 1.29 is 0 Å². The first-order valence-electron chi connectivity index (χ1n) is 2.90. The van der Waals surface area contributed by atoms with Gasteiger partial charge >= 0.3 is 0 Å². The third-order valence-corrected chi connectivity index (χ3v) is 1.51. The largest absolute Gasteiger partial charge is 0.311 e. The summed E-state index contributed by atoms with van der Waals surface area (Å²) in [7, 11) is 0. The van der Waals surface area contributed by atoms with E-state index in [4.69, 9.17) is 0 Å². The molecule has 0 amide bonds. The van der Waals surface area contributed by atoms with Crippen molar-refractivity contribution in [1.29, 1.82) is 0 Å². The summed E-state index contributed by atoms with van der Waals surface area (Å²) in [4.78, 5) is 0. The molecule has 0 saturated carbocycles. The van der Waals surface area contributed by atoms with Gasteiger partial charge in [-0.05, 0) is 18.1 Å². The number of hydrogen-bond donors (Lipinski definition) is 1. The topological polar surface area (TPSA) is 37.8 Å². The highest BCUT2D eigenvalue weighted by Gasteiger charge is 1.91. The van der Waals surface area contributed by atoms with Gasteiger partial charge in [0.05, 0.1) is 5.69 Å². The van der Waals surface area contributed by atoms with Gasteiger partial charge in [-0.2, -0.15) is 0 Å². The lowest BCUT2D eigenvalue weighted by Gasteiger charge is -1.92. The second-order valence-corrected chi connectivity index (χ2v) is 2.29. The summed E-state index contributed by atoms with van der Waals surface area (Å²) < 4.78 is 3.73. The molecular weight excluding hydrogens is 134 g/mol. The van der Waals surface area contributed by atoms with Crippen LogP contribution >= 0.6 is 11.5 Å². The fraction of sp³-hybridized carbons (Fsp3) is 0.600. The van der Waals surface area contributed by atoms with Crippen molar-refractivity contribution in [3.63, 3.8) is 0 Å². The molecule has 0 aliphatic carbocycles. The lowest BCUT2D eigenvalue weighted by atomic mass is 10.5. The van der Waals surface area contributed by atoms with Crippen LogP contribution in [0, 0.1) is 0 Å². The van der Waals surface area contributed by atoms with Gasteiger partial charge < -0.3 is 5.32 Å². The van der Waals surface area contributed by atoms with E-state index in [1.165, 1.54) is 11.5 Å². The van der Waals surface area contributed by atoms with Crippen molar-refractivity contribution in [3.8, 4) is 0 Å². The fourth-order valence-electron chi connectivity index (χ4n) is 0.514. The number of nitrogens with zero attached hydrogens (tertiary/aromatic N) is 2. The van der Waals surface area contributed by atoms with E-state index in [-0.39, 0.29) is 0 Å². The second-order valence-electron chi connectivity index (χ2n) is 1.68. The van der Waals surface area contributed by atoms with Gasteiger partial charge in [0.15, 0.2) is 0 Å². The smallest absolute Gasteiger partial charge is 0.0893 e. The molecule has 4 heteroatoms. The Balaban J connectivity index is 2.30. The molecule has 3 nitrogen and oxygen atoms in total. The molecule has 9 heavy (non-hydrogen) atoms. The number of nitrogens with one attached hydrogen (secondary N) is 1. The van der Waals surface area contributed by atoms with E-state index in [1.54, 1.807) is 0 Å². The summed E-state index contributed by atoms with van der Waals surface area (Å²) in [5.41, 5.74) is 1.03. The zero-order chi connectivity index (χ0) is 6.53. The lowest BCUT2D eigenvalue weighted by Crippen LogP contribution is -2.11. The Labute approximate surface area is 58.3 Å². The van der Waals surface area contributed by atoms with E-state index < -0.39 is 0 Å². The second kappa shape index (κ2) is 3.53. The third-order valence-electron chi connectivity index (χ3n) is 0.961. The van der Waals surface area contributed by atoms with Crippen LogP contribution in [0.5, 0.6) is 0 Å². The van der Waals surface area contributed by atoms with Gasteiger partial charge in [-0.1, -0.05) is 11.4 Å². The van der Waals surface area contributed by atoms with Crippen LogP contribution in [-0.4, -0.2) is 16.1 Å². The van der Waals surface area contributed by atoms with Crippen molar-refractivity contribution in [3.05, 3.63) is 11.1 Å². The molecule has 0 saturated heterocycles. The van der Waals surface area contributed by atoms with Crippen molar-refractivity contribution in [1.82, 2.24) is 14.9 Å². The molecular formula is C5H9N3S. The fourth-order valence-corrected chi connectivity index (χ4v) is 0.965. The number of aromatic nitrogens is 2. The number of rotatable bonds is 3. The monoisotopic (exact) mass is 143 g/mol. The Morgan fingerprint density at radius 3 is 3.22 bits per heavy atom. The van der Waals surface area contributed by atoms with Gasteiger partial charge in [-0.15, -0.1) is 5.10 Å². The Bertz CT molecular complexity index is 149. The van der Waals surface area contributed by atoms with E-state index in [2.05, 4.69) is 21.8 Å². The summed E-state index contributed by atoms with van der Waals surface area (Å²) in [6, 6.07) is 0. The van der Waals surface area contributed by atoms with Crippen LogP contribution in [0.1, 0.15) is 12.6 Å². The molecule has 1 N–H and O–H groups in total. The molecule has 1 aromatic rings. The minimum atomic E-state index is 0.840. The van der Waals surface area contributed by atoms with Crippen LogP contribution < -0.4 is 5.32 Å². The quantitative estimate of drug-likeness (QED) is 0.675. The van der Waals surface area contributed by atoms with E-state index >= 15 is 0 Å². The highest BCUT2D eigenvalue weighted by molar-refractivity contribution is 7.03. The standard InChI is InChI=1S/C5H9N3S/c1-2-6-3-5-4-9-8-7-5/h4,6H,2-3H2,1H3. The van der Waals surface area contributed by atoms with Crippen LogP contribution in [-0.2, 0) is 6.54 Å². The van der Waals surface area contributed by atoms with Crippen LogP contribution in [0.15, 0.2) is 5.38 Å². The maximum Gasteiger partial charge on any atom is 0.0893 e. The molecule has 0 aliphatic heterocycles. The molecule has 0 bridgehead atoms. The Morgan fingerprint density at radius 2 is 2.67 bits per heavy atom. The van der Waals surface area contributed by atoms with Crippen molar-refractivity contribution in [2.24, 2.45) is 0 Å². The van der Waals surface area contributed by atoms with Crippen molar-refractivity contribution in [2.75, 3.05) is 6.54 Å². The molecule has 0 fully saturated rings. The van der Waals surface area contributed by atoms with Crippen molar-refractivity contribution in [2.45, 2.75) is 13.5 Å². The average Bonchev–Trinajstić information content (AvgIpc) is 2.34. The normalized spacial score (nSPS) is 9.89. The average molecular weight is 143 g/mol. The number of hydrogen-bond acceptors (Lipinski definition) is 4. The van der Waals surface area contributed by atoms with Gasteiger partial charge in [0.2, 0.25) is 0 Å². The highest BCUT2D eigenvalue weighted by Crippen LogP contribution is 1.94. The van der Waals surface area contributed by atoms with Crippen LogP contribution in [0.25, 0.3) is 0 Å². The zero-order valence-corrected chi connectivity index (χ0v) is 6.11. The first-order valence-corrected chi connectivity index (χ1v) is 3.73. The summed E-state index contributed by atoms with van der Waals surface area (Å²) >= 11 is 1.39. The molecule has 1 rings (SSSR count). The predicted molar refractivity (Wildman–Crippen MR) is 37.3 cm³/mol. The summed E-state index contributed by atoms with van der Waals surface area (Å²) in [6.45, 7) is 3.89. The van der Waals surface area contributed by atoms with E-state index in [0.717, 1.165) is 18.8 Å². The van der Waals surface area contributed by atoms with Crippen molar-refractivity contribution >= 4 is 11.5 Å². The summed E-state index contributed by atoms with van der Waals surface area (Å²) in [5.74, 6) is 0. The minimum absolute atomic E-state index is 0.840. The minimum Gasteiger partial charge on any atom is -0.311 e. The van der Waals surface area contributed by atoms with E-state index in [0.29, 0.717) is 0 Å². The molecule has 0 unspecified atom stereocenters. The molecule has 0 atom stereocenters. The molecule has 1 heterocycles. The lowest BCUT2D eigenvalue weighted by molar-refractivity contribution is 0.708. The maximum absolute atomic E-state index is 3.86. The van der Waals surface area contributed by atoms with Gasteiger partial charge in [-0.3, -0.25) is 0 Å². The Morgan fingerprint density at radius 1 is 1.78 bits per heavy atom. The highest BCUT2D eigenvalue weighted by atomic mass is 32.1. The molecule has 0 radical (unpaired) electrons. The molecule has 0 spiro atoms. The molecule has 0 aromatic carbocycles. The van der Waals surface area contributed by atoms with Gasteiger partial charge in [0.25, 0.3) is 0 Å². The summed E-state index contributed by atoms with van der Waals surface area (Å²) in [5, 5.41) is 8.96. The van der Waals surface area contributed by atoms with E-state index in [9.17, 15) is 0 Å². The van der Waals surface area contributed by atoms with Gasteiger partial charge in [0.1, 0.15) is 0 Å². The Kier molecular flexibility index (Phi) is 2.60. The molecule has 1 aromatic heterocycles. The summed E-state index contributed by atoms with van der Waals surface area (Å²) in [6.07, 6.45) is 0. The van der Waals surface area contributed by atoms with Crippen LogP contribution in [0.4, 0.5) is 0 Å². The van der Waals surface area contributed by atoms with Gasteiger partial charge in [0, 0.05) is 11.9 Å². The maximum atomic E-state index is 3.86. The predicted octanol–water partition coefficient (Wildman–Crippen LogP) is 0.648. The first kappa shape index (κ1) is 6.64. The SMILES string of the molecule is CCNCc1csnn1. The zero-order valence-electron chi connectivity index (χ0n) is 5.29. The third kappa shape index (κ3) is 2.07. The van der Waals surface area contributed by atoms with E-state index in [1.807, 2.05) is 5.38 Å². The molecule has 0 aliphatic rings. The van der Waals surface area contributed by atoms with Crippen LogP contribution in [0.2, 0.25) is 0 Å². The van der Waals surface area contributed by atoms with Crippen LogP contribution in [0.3, 0.4) is 0 Å².